The number of aliphatic carboxylic acids is 4. The molecule has 1 amide bonds. The molecule has 0 bridgehead atoms. The zero-order chi connectivity index (χ0) is 27.6. The Bertz CT molecular complexity index is 767. The van der Waals surface area contributed by atoms with Gasteiger partial charge in [-0.2, -0.15) is 0 Å². The Hall–Kier alpha value is -1.49. The van der Waals surface area contributed by atoms with Gasteiger partial charge in [0.05, 0.1) is 6.17 Å². The van der Waals surface area contributed by atoms with E-state index < -0.39 is 60.5 Å². The maximum atomic E-state index is 12.0. The van der Waals surface area contributed by atoms with Crippen LogP contribution in [0.25, 0.3) is 0 Å². The molecule has 1 rings (SSSR count). The zero-order valence-electron chi connectivity index (χ0n) is 21.6. The van der Waals surface area contributed by atoms with Crippen molar-refractivity contribution in [2.75, 3.05) is 52.4 Å². The molecule has 4 unspecified atom stereocenters. The number of nitrogens with one attached hydrogen (secondary N) is 1. The van der Waals surface area contributed by atoms with Crippen LogP contribution in [-0.2, 0) is 24.0 Å². The second-order valence-electron chi connectivity index (χ2n) is 9.00. The predicted octanol–water partition coefficient (Wildman–Crippen LogP) is -1.44. The summed E-state index contributed by atoms with van der Waals surface area (Å²) in [6.45, 7) is 8.47. The smallest absolute Gasteiger partial charge is 0.481 e. The fourth-order valence-electron chi connectivity index (χ4n) is 4.01. The standard InChI is InChI=1S/C22H39N5O9.Gd/c1-14(20(31)32)24-5-7-25(15(2)21(33)34)9-11-27(17(4)23-18(28)13-19(29)30)12-10-26(8-6-24)16(3)22(35)36;/h14-17H,5-13H2,1-4H3,(H,23,28)(H,29,30)(H,31,32)(H,33,34)(H,35,36);/q;+3. The van der Waals surface area contributed by atoms with Gasteiger partial charge in [0, 0.05) is 52.4 Å². The van der Waals surface area contributed by atoms with Gasteiger partial charge in [-0.25, -0.2) is 0 Å². The van der Waals surface area contributed by atoms with Crippen molar-refractivity contribution < 1.29 is 84.3 Å². The van der Waals surface area contributed by atoms with E-state index in [4.69, 9.17) is 5.11 Å². The largest absolute Gasteiger partial charge is 3.00 e. The van der Waals surface area contributed by atoms with Crippen LogP contribution in [0.1, 0.15) is 34.1 Å². The number of carboxylic acids is 4. The molecule has 0 aliphatic carbocycles. The van der Waals surface area contributed by atoms with Crippen molar-refractivity contribution in [1.29, 1.82) is 0 Å². The van der Waals surface area contributed by atoms with Gasteiger partial charge in [-0.1, -0.05) is 0 Å². The normalized spacial score (nSPS) is 20.6. The maximum Gasteiger partial charge on any atom is 3.00 e. The number of amides is 1. The van der Waals surface area contributed by atoms with E-state index in [2.05, 4.69) is 5.32 Å². The van der Waals surface area contributed by atoms with Gasteiger partial charge in [0.15, 0.2) is 0 Å². The van der Waals surface area contributed by atoms with Gasteiger partial charge in [0.25, 0.3) is 0 Å². The van der Waals surface area contributed by atoms with Crippen molar-refractivity contribution in [1.82, 2.24) is 24.9 Å². The number of carboxylic acid groups (broad SMARTS) is 4. The molecule has 1 saturated heterocycles. The Balaban J connectivity index is 0.0000130. The fourth-order valence-corrected chi connectivity index (χ4v) is 4.01. The van der Waals surface area contributed by atoms with Crippen LogP contribution in [0.2, 0.25) is 0 Å². The molecule has 14 nitrogen and oxygen atoms in total. The Morgan fingerprint density at radius 1 is 0.595 bits per heavy atom. The molecule has 1 aliphatic rings. The van der Waals surface area contributed by atoms with Gasteiger partial charge >= 0.3 is 63.8 Å². The molecule has 1 radical (unpaired) electrons. The van der Waals surface area contributed by atoms with E-state index in [9.17, 15) is 39.3 Å². The zero-order valence-corrected chi connectivity index (χ0v) is 23.9. The van der Waals surface area contributed by atoms with Crippen molar-refractivity contribution >= 4 is 29.8 Å². The molecule has 15 heteroatoms. The van der Waals surface area contributed by atoms with Crippen LogP contribution in [0, 0.1) is 39.9 Å². The first-order valence-electron chi connectivity index (χ1n) is 11.9. The number of carbonyl (C=O) groups is 5. The minimum absolute atomic E-state index is 0. The summed E-state index contributed by atoms with van der Waals surface area (Å²) < 4.78 is 0. The summed E-state index contributed by atoms with van der Waals surface area (Å²) in [7, 11) is 0. The summed E-state index contributed by atoms with van der Waals surface area (Å²) in [6.07, 6.45) is -1.28. The van der Waals surface area contributed by atoms with E-state index in [1.165, 1.54) is 20.8 Å². The van der Waals surface area contributed by atoms with Crippen molar-refractivity contribution in [2.45, 2.75) is 58.4 Å². The molecule has 0 aromatic heterocycles. The SMILES string of the molecule is CC(NC(=O)CC(=O)O)N1CCN(C(C)C(=O)O)CCN(C(C)C(=O)O)CCN(C(C)C(=O)O)CC1.[Gd+3]. The maximum absolute atomic E-state index is 12.0. The Morgan fingerprint density at radius 2 is 0.865 bits per heavy atom. The molecule has 37 heavy (non-hydrogen) atoms. The van der Waals surface area contributed by atoms with Crippen molar-refractivity contribution in [2.24, 2.45) is 0 Å². The summed E-state index contributed by atoms with van der Waals surface area (Å²) in [5.74, 6) is -5.04. The van der Waals surface area contributed by atoms with Crippen LogP contribution in [-0.4, -0.2) is 146 Å². The number of hydrogen-bond acceptors (Lipinski definition) is 9. The summed E-state index contributed by atoms with van der Waals surface area (Å²) >= 11 is 0. The minimum atomic E-state index is -1.27. The van der Waals surface area contributed by atoms with Crippen molar-refractivity contribution in [3.8, 4) is 0 Å². The van der Waals surface area contributed by atoms with Gasteiger partial charge in [0.1, 0.15) is 24.5 Å². The van der Waals surface area contributed by atoms with E-state index in [0.29, 0.717) is 13.1 Å². The molecule has 0 aromatic carbocycles. The first-order chi connectivity index (χ1) is 16.7. The molecule has 0 aromatic rings. The molecule has 1 heterocycles. The summed E-state index contributed by atoms with van der Waals surface area (Å²) in [5.41, 5.74) is 0. The third-order valence-electron chi connectivity index (χ3n) is 6.64. The molecule has 0 spiro atoms. The van der Waals surface area contributed by atoms with E-state index in [0.717, 1.165) is 0 Å². The fraction of sp³-hybridized carbons (Fsp3) is 0.773. The second-order valence-corrected chi connectivity index (χ2v) is 9.00. The average Bonchev–Trinajstić information content (AvgIpc) is 2.77. The van der Waals surface area contributed by atoms with Crippen LogP contribution in [0.5, 0.6) is 0 Å². The Labute approximate surface area is 248 Å². The quantitative estimate of drug-likeness (QED) is 0.170. The van der Waals surface area contributed by atoms with Crippen molar-refractivity contribution in [3.63, 3.8) is 0 Å². The molecule has 0 saturated carbocycles. The summed E-state index contributed by atoms with van der Waals surface area (Å²) in [6, 6.07) is -2.55. The van der Waals surface area contributed by atoms with Gasteiger partial charge in [-0.15, -0.1) is 0 Å². The molecule has 4 atom stereocenters. The minimum Gasteiger partial charge on any atom is -0.481 e. The molecule has 211 valence electrons. The number of hydrogen-bond donors (Lipinski definition) is 5. The number of rotatable bonds is 10. The first-order valence-corrected chi connectivity index (χ1v) is 11.9. The third kappa shape index (κ3) is 12.3. The van der Waals surface area contributed by atoms with E-state index in [-0.39, 0.29) is 79.2 Å². The van der Waals surface area contributed by atoms with E-state index >= 15 is 0 Å². The van der Waals surface area contributed by atoms with Crippen LogP contribution in [0.15, 0.2) is 0 Å². The average molecular weight is 675 g/mol. The van der Waals surface area contributed by atoms with Crippen LogP contribution in [0.3, 0.4) is 0 Å². The number of carbonyl (C=O) groups excluding carboxylic acids is 1. The van der Waals surface area contributed by atoms with Gasteiger partial charge in [-0.3, -0.25) is 43.6 Å². The topological polar surface area (TPSA) is 191 Å². The second kappa shape index (κ2) is 17.2. The van der Waals surface area contributed by atoms with Crippen LogP contribution >= 0.6 is 0 Å². The van der Waals surface area contributed by atoms with E-state index in [1.54, 1.807) is 21.6 Å². The Morgan fingerprint density at radius 3 is 1.11 bits per heavy atom. The molecular formula is C22H39GdN5O9+3. The van der Waals surface area contributed by atoms with Gasteiger partial charge < -0.3 is 25.7 Å². The van der Waals surface area contributed by atoms with Crippen LogP contribution in [0.4, 0.5) is 0 Å². The predicted molar refractivity (Wildman–Crippen MR) is 127 cm³/mol. The third-order valence-corrected chi connectivity index (χ3v) is 6.64. The van der Waals surface area contributed by atoms with Gasteiger partial charge in [-0.05, 0) is 27.7 Å². The summed E-state index contributed by atoms with van der Waals surface area (Å²) in [5, 5.41) is 40.2. The first kappa shape index (κ1) is 35.5. The molecule has 5 N–H and O–H groups in total. The molecule has 1 fully saturated rings. The monoisotopic (exact) mass is 675 g/mol. The van der Waals surface area contributed by atoms with Crippen LogP contribution < -0.4 is 5.32 Å². The van der Waals surface area contributed by atoms with E-state index in [1.807, 2.05) is 4.90 Å². The molecule has 1 aliphatic heterocycles. The molecular weight excluding hydrogens is 636 g/mol. The Kier molecular flexibility index (Phi) is 16.5. The van der Waals surface area contributed by atoms with Crippen molar-refractivity contribution in [3.05, 3.63) is 0 Å². The van der Waals surface area contributed by atoms with Gasteiger partial charge in [0.2, 0.25) is 5.91 Å². The summed E-state index contributed by atoms with van der Waals surface area (Å²) in [4.78, 5) is 64.9. The number of nitrogens with zero attached hydrogens (tertiary/aromatic N) is 4.